The molecule has 2 rings (SSSR count). The monoisotopic (exact) mass is 240 g/mol. The lowest BCUT2D eigenvalue weighted by molar-refractivity contribution is 0.481. The highest BCUT2D eigenvalue weighted by atomic mass is 16.5. The molecule has 0 fully saturated rings. The fourth-order valence-electron chi connectivity index (χ4n) is 2.00. The van der Waals surface area contributed by atoms with Crippen molar-refractivity contribution in [2.75, 3.05) is 0 Å². The van der Waals surface area contributed by atoms with Crippen LogP contribution in [0, 0.1) is 12.8 Å². The van der Waals surface area contributed by atoms with Crippen molar-refractivity contribution in [2.24, 2.45) is 5.92 Å². The van der Waals surface area contributed by atoms with Gasteiger partial charge in [-0.1, -0.05) is 38.1 Å². The van der Waals surface area contributed by atoms with Crippen LogP contribution in [-0.4, -0.2) is 0 Å². The highest BCUT2D eigenvalue weighted by Gasteiger charge is 2.04. The van der Waals surface area contributed by atoms with Crippen molar-refractivity contribution in [3.63, 3.8) is 0 Å². The fourth-order valence-corrected chi connectivity index (χ4v) is 2.00. The smallest absolute Gasteiger partial charge is 0.127 e. The standard InChI is InChI=1S/C17H20O/c1-13(2)11-15-12-17(10-9-14(15)3)18-16-7-5-4-6-8-16/h4-10,12-13H,11H2,1-3H3. The third-order valence-corrected chi connectivity index (χ3v) is 2.93. The van der Waals surface area contributed by atoms with Crippen molar-refractivity contribution in [2.45, 2.75) is 27.2 Å². The van der Waals surface area contributed by atoms with E-state index in [1.54, 1.807) is 0 Å². The van der Waals surface area contributed by atoms with Gasteiger partial charge in [0.1, 0.15) is 11.5 Å². The van der Waals surface area contributed by atoms with Crippen molar-refractivity contribution in [3.8, 4) is 11.5 Å². The van der Waals surface area contributed by atoms with Gasteiger partial charge in [0.2, 0.25) is 0 Å². The number of ether oxygens (including phenoxy) is 1. The van der Waals surface area contributed by atoms with Crippen LogP contribution in [0.2, 0.25) is 0 Å². The number of hydrogen-bond donors (Lipinski definition) is 0. The van der Waals surface area contributed by atoms with Gasteiger partial charge in [-0.25, -0.2) is 0 Å². The van der Waals surface area contributed by atoms with E-state index in [-0.39, 0.29) is 0 Å². The van der Waals surface area contributed by atoms with Gasteiger partial charge < -0.3 is 4.74 Å². The molecule has 0 aliphatic carbocycles. The molecule has 2 aromatic rings. The molecule has 0 saturated carbocycles. The molecule has 0 amide bonds. The zero-order valence-electron chi connectivity index (χ0n) is 11.3. The lowest BCUT2D eigenvalue weighted by Crippen LogP contribution is -1.97. The maximum absolute atomic E-state index is 5.86. The van der Waals surface area contributed by atoms with Gasteiger partial charge in [-0.05, 0) is 54.7 Å². The molecule has 0 unspecified atom stereocenters. The summed E-state index contributed by atoms with van der Waals surface area (Å²) in [6.45, 7) is 6.64. The Balaban J connectivity index is 2.19. The Labute approximate surface area is 109 Å². The second-order valence-electron chi connectivity index (χ2n) is 5.10. The topological polar surface area (TPSA) is 9.23 Å². The van der Waals surface area contributed by atoms with E-state index in [9.17, 15) is 0 Å². The Hall–Kier alpha value is -1.76. The zero-order valence-corrected chi connectivity index (χ0v) is 11.3. The molecule has 18 heavy (non-hydrogen) atoms. The zero-order chi connectivity index (χ0) is 13.0. The molecule has 0 aliphatic rings. The summed E-state index contributed by atoms with van der Waals surface area (Å²) in [4.78, 5) is 0. The molecule has 2 aromatic carbocycles. The van der Waals surface area contributed by atoms with E-state index in [4.69, 9.17) is 4.74 Å². The lowest BCUT2D eigenvalue weighted by Gasteiger charge is -2.12. The highest BCUT2D eigenvalue weighted by molar-refractivity contribution is 5.38. The molecule has 0 saturated heterocycles. The molecule has 1 heteroatoms. The van der Waals surface area contributed by atoms with E-state index >= 15 is 0 Å². The summed E-state index contributed by atoms with van der Waals surface area (Å²) in [6.07, 6.45) is 1.10. The summed E-state index contributed by atoms with van der Waals surface area (Å²) in [5.74, 6) is 2.47. The first kappa shape index (κ1) is 12.7. The molecule has 0 spiro atoms. The molecule has 0 radical (unpaired) electrons. The lowest BCUT2D eigenvalue weighted by atomic mass is 9.98. The van der Waals surface area contributed by atoms with Crippen LogP contribution in [0.25, 0.3) is 0 Å². The predicted molar refractivity (Wildman–Crippen MR) is 76.2 cm³/mol. The molecule has 0 aromatic heterocycles. The van der Waals surface area contributed by atoms with E-state index in [1.165, 1.54) is 11.1 Å². The number of hydrogen-bond acceptors (Lipinski definition) is 1. The molecule has 0 aliphatic heterocycles. The summed E-state index contributed by atoms with van der Waals surface area (Å²) >= 11 is 0. The van der Waals surface area contributed by atoms with Crippen LogP contribution >= 0.6 is 0 Å². The minimum Gasteiger partial charge on any atom is -0.457 e. The van der Waals surface area contributed by atoms with Gasteiger partial charge in [-0.2, -0.15) is 0 Å². The molecule has 0 atom stereocenters. The van der Waals surface area contributed by atoms with E-state index in [0.717, 1.165) is 17.9 Å². The first-order valence-corrected chi connectivity index (χ1v) is 6.47. The molecule has 1 nitrogen and oxygen atoms in total. The minimum absolute atomic E-state index is 0.663. The second-order valence-corrected chi connectivity index (χ2v) is 5.10. The van der Waals surface area contributed by atoms with Crippen LogP contribution in [0.4, 0.5) is 0 Å². The number of rotatable bonds is 4. The minimum atomic E-state index is 0.663. The molecule has 94 valence electrons. The van der Waals surface area contributed by atoms with E-state index in [0.29, 0.717) is 5.92 Å². The fraction of sp³-hybridized carbons (Fsp3) is 0.294. The van der Waals surface area contributed by atoms with Crippen molar-refractivity contribution >= 4 is 0 Å². The third kappa shape index (κ3) is 3.36. The van der Waals surface area contributed by atoms with Gasteiger partial charge >= 0.3 is 0 Å². The third-order valence-electron chi connectivity index (χ3n) is 2.93. The molecule has 0 heterocycles. The average molecular weight is 240 g/mol. The van der Waals surface area contributed by atoms with E-state index in [1.807, 2.05) is 36.4 Å². The van der Waals surface area contributed by atoms with Crippen LogP contribution in [0.15, 0.2) is 48.5 Å². The number of aryl methyl sites for hydroxylation is 1. The van der Waals surface area contributed by atoms with Crippen LogP contribution in [0.5, 0.6) is 11.5 Å². The Bertz CT molecular complexity index is 500. The van der Waals surface area contributed by atoms with Crippen molar-refractivity contribution in [1.29, 1.82) is 0 Å². The van der Waals surface area contributed by atoms with Gasteiger partial charge in [0.15, 0.2) is 0 Å². The van der Waals surface area contributed by atoms with E-state index < -0.39 is 0 Å². The summed E-state index contributed by atoms with van der Waals surface area (Å²) in [5.41, 5.74) is 2.71. The summed E-state index contributed by atoms with van der Waals surface area (Å²) in [5, 5.41) is 0. The summed E-state index contributed by atoms with van der Waals surface area (Å²) in [6, 6.07) is 16.2. The molecular weight excluding hydrogens is 220 g/mol. The Morgan fingerprint density at radius 3 is 2.33 bits per heavy atom. The van der Waals surface area contributed by atoms with Gasteiger partial charge in [0.05, 0.1) is 0 Å². The molecule has 0 N–H and O–H groups in total. The number of para-hydroxylation sites is 1. The van der Waals surface area contributed by atoms with Crippen LogP contribution < -0.4 is 4.74 Å². The molecule has 0 bridgehead atoms. The largest absolute Gasteiger partial charge is 0.457 e. The van der Waals surface area contributed by atoms with Gasteiger partial charge in [-0.15, -0.1) is 0 Å². The van der Waals surface area contributed by atoms with Crippen molar-refractivity contribution in [1.82, 2.24) is 0 Å². The first-order valence-electron chi connectivity index (χ1n) is 6.47. The summed E-state index contributed by atoms with van der Waals surface area (Å²) < 4.78 is 5.86. The molecular formula is C17H20O. The van der Waals surface area contributed by atoms with Crippen LogP contribution in [0.1, 0.15) is 25.0 Å². The summed E-state index contributed by atoms with van der Waals surface area (Å²) in [7, 11) is 0. The quantitative estimate of drug-likeness (QED) is 0.732. The van der Waals surface area contributed by atoms with Gasteiger partial charge in [-0.3, -0.25) is 0 Å². The average Bonchev–Trinajstić information content (AvgIpc) is 2.34. The predicted octanol–water partition coefficient (Wildman–Crippen LogP) is 4.99. The van der Waals surface area contributed by atoms with Crippen LogP contribution in [-0.2, 0) is 6.42 Å². The maximum Gasteiger partial charge on any atom is 0.127 e. The Kier molecular flexibility index (Phi) is 4.03. The number of benzene rings is 2. The normalized spacial score (nSPS) is 10.7. The van der Waals surface area contributed by atoms with Gasteiger partial charge in [0, 0.05) is 0 Å². The van der Waals surface area contributed by atoms with Gasteiger partial charge in [0.25, 0.3) is 0 Å². The second kappa shape index (κ2) is 5.72. The van der Waals surface area contributed by atoms with Crippen molar-refractivity contribution in [3.05, 3.63) is 59.7 Å². The van der Waals surface area contributed by atoms with Crippen molar-refractivity contribution < 1.29 is 4.74 Å². The maximum atomic E-state index is 5.86. The first-order chi connectivity index (χ1) is 8.65. The Morgan fingerprint density at radius 1 is 0.944 bits per heavy atom. The highest BCUT2D eigenvalue weighted by Crippen LogP contribution is 2.25. The van der Waals surface area contributed by atoms with Crippen LogP contribution in [0.3, 0.4) is 0 Å². The Morgan fingerprint density at radius 2 is 1.67 bits per heavy atom. The SMILES string of the molecule is Cc1ccc(Oc2ccccc2)cc1CC(C)C. The van der Waals surface area contributed by atoms with E-state index in [2.05, 4.69) is 32.9 Å².